The standard InChI is InChI=1S/C19H18ClN5O/c20-15-6-3-13(4-7-15)5-8-17(26)25-11-1-2-16-18(23-24-19(16)25)14-9-10-21-22-12-14/h3-4,6-7,9-10,12H,1-2,5,8,11H2,(H,23,24). The van der Waals surface area contributed by atoms with Crippen LogP contribution in [0.4, 0.5) is 5.82 Å². The van der Waals surface area contributed by atoms with Crippen LogP contribution < -0.4 is 4.90 Å². The van der Waals surface area contributed by atoms with Crippen LogP contribution in [0.5, 0.6) is 0 Å². The molecule has 0 fully saturated rings. The highest BCUT2D eigenvalue weighted by molar-refractivity contribution is 6.30. The molecule has 6 nitrogen and oxygen atoms in total. The molecule has 4 rings (SSSR count). The summed E-state index contributed by atoms with van der Waals surface area (Å²) in [6, 6.07) is 9.50. The predicted molar refractivity (Wildman–Crippen MR) is 100 cm³/mol. The first kappa shape index (κ1) is 16.7. The molecule has 0 radical (unpaired) electrons. The van der Waals surface area contributed by atoms with E-state index in [1.165, 1.54) is 0 Å². The molecule has 2 aromatic heterocycles. The van der Waals surface area contributed by atoms with E-state index in [1.807, 2.05) is 35.2 Å². The lowest BCUT2D eigenvalue weighted by Crippen LogP contribution is -2.35. The second-order valence-corrected chi connectivity index (χ2v) is 6.74. The van der Waals surface area contributed by atoms with Gasteiger partial charge in [0.25, 0.3) is 0 Å². The first-order valence-corrected chi connectivity index (χ1v) is 8.99. The number of carbonyl (C=O) groups is 1. The van der Waals surface area contributed by atoms with Crippen molar-refractivity contribution in [1.29, 1.82) is 0 Å². The van der Waals surface area contributed by atoms with Crippen LogP contribution in [0.1, 0.15) is 24.0 Å². The average molecular weight is 368 g/mol. The lowest BCUT2D eigenvalue weighted by Gasteiger charge is -2.26. The third-order valence-electron chi connectivity index (χ3n) is 4.62. The Morgan fingerprint density at radius 3 is 2.81 bits per heavy atom. The Morgan fingerprint density at radius 1 is 1.19 bits per heavy atom. The largest absolute Gasteiger partial charge is 0.297 e. The van der Waals surface area contributed by atoms with Gasteiger partial charge in [0, 0.05) is 29.1 Å². The van der Waals surface area contributed by atoms with Gasteiger partial charge in [0.15, 0.2) is 0 Å². The minimum absolute atomic E-state index is 0.101. The lowest BCUT2D eigenvalue weighted by atomic mass is 10.0. The minimum Gasteiger partial charge on any atom is -0.297 e. The molecule has 1 aliphatic rings. The Hall–Kier alpha value is -2.73. The highest BCUT2D eigenvalue weighted by Crippen LogP contribution is 2.33. The summed E-state index contributed by atoms with van der Waals surface area (Å²) in [4.78, 5) is 14.6. The molecule has 0 aliphatic carbocycles. The summed E-state index contributed by atoms with van der Waals surface area (Å²) in [6.07, 6.45) is 6.30. The van der Waals surface area contributed by atoms with Gasteiger partial charge in [0.05, 0.1) is 18.1 Å². The molecular weight excluding hydrogens is 350 g/mol. The number of H-pyrrole nitrogens is 1. The van der Waals surface area contributed by atoms with Crippen molar-refractivity contribution < 1.29 is 4.79 Å². The topological polar surface area (TPSA) is 74.8 Å². The number of amides is 1. The van der Waals surface area contributed by atoms with Crippen molar-refractivity contribution in [3.05, 3.63) is 58.9 Å². The normalized spacial score (nSPS) is 13.5. The van der Waals surface area contributed by atoms with Crippen LogP contribution >= 0.6 is 11.6 Å². The first-order chi connectivity index (χ1) is 12.7. The zero-order chi connectivity index (χ0) is 17.9. The van der Waals surface area contributed by atoms with Crippen molar-refractivity contribution in [3.63, 3.8) is 0 Å². The van der Waals surface area contributed by atoms with Crippen molar-refractivity contribution >= 4 is 23.3 Å². The van der Waals surface area contributed by atoms with E-state index in [1.54, 1.807) is 12.4 Å². The van der Waals surface area contributed by atoms with E-state index in [9.17, 15) is 4.79 Å². The van der Waals surface area contributed by atoms with Crippen LogP contribution in [0.3, 0.4) is 0 Å². The van der Waals surface area contributed by atoms with Crippen LogP contribution in [0.2, 0.25) is 5.02 Å². The molecule has 3 heterocycles. The van der Waals surface area contributed by atoms with E-state index in [0.29, 0.717) is 24.4 Å². The summed E-state index contributed by atoms with van der Waals surface area (Å²) >= 11 is 5.91. The van der Waals surface area contributed by atoms with Gasteiger partial charge in [-0.1, -0.05) is 23.7 Å². The molecule has 1 aliphatic heterocycles. The maximum Gasteiger partial charge on any atom is 0.228 e. The van der Waals surface area contributed by atoms with Crippen LogP contribution in [-0.2, 0) is 17.6 Å². The van der Waals surface area contributed by atoms with Gasteiger partial charge < -0.3 is 0 Å². The number of aromatic amines is 1. The number of halogens is 1. The van der Waals surface area contributed by atoms with Gasteiger partial charge in [-0.25, -0.2) is 0 Å². The fourth-order valence-electron chi connectivity index (χ4n) is 3.30. The van der Waals surface area contributed by atoms with E-state index >= 15 is 0 Å². The Kier molecular flexibility index (Phi) is 4.67. The Balaban J connectivity index is 1.51. The highest BCUT2D eigenvalue weighted by atomic mass is 35.5. The average Bonchev–Trinajstić information content (AvgIpc) is 3.12. The van der Waals surface area contributed by atoms with E-state index in [2.05, 4.69) is 20.4 Å². The number of aromatic nitrogens is 4. The van der Waals surface area contributed by atoms with Gasteiger partial charge >= 0.3 is 0 Å². The van der Waals surface area contributed by atoms with Crippen LogP contribution in [-0.4, -0.2) is 32.8 Å². The van der Waals surface area contributed by atoms with Crippen molar-refractivity contribution in [1.82, 2.24) is 20.4 Å². The molecule has 1 aromatic carbocycles. The summed E-state index contributed by atoms with van der Waals surface area (Å²) in [7, 11) is 0. The Morgan fingerprint density at radius 2 is 2.04 bits per heavy atom. The van der Waals surface area contributed by atoms with Gasteiger partial charge in [-0.2, -0.15) is 15.3 Å². The van der Waals surface area contributed by atoms with E-state index in [4.69, 9.17) is 11.6 Å². The lowest BCUT2D eigenvalue weighted by molar-refractivity contribution is -0.118. The summed E-state index contributed by atoms with van der Waals surface area (Å²) in [5.41, 5.74) is 3.94. The van der Waals surface area contributed by atoms with Gasteiger partial charge in [-0.05, 0) is 43.0 Å². The van der Waals surface area contributed by atoms with Crippen LogP contribution in [0.25, 0.3) is 11.3 Å². The minimum atomic E-state index is 0.101. The quantitative estimate of drug-likeness (QED) is 0.766. The zero-order valence-electron chi connectivity index (χ0n) is 14.2. The van der Waals surface area contributed by atoms with E-state index in [-0.39, 0.29) is 5.91 Å². The van der Waals surface area contributed by atoms with Crippen molar-refractivity contribution in [2.24, 2.45) is 0 Å². The summed E-state index contributed by atoms with van der Waals surface area (Å²) < 4.78 is 0. The van der Waals surface area contributed by atoms with Crippen molar-refractivity contribution in [2.75, 3.05) is 11.4 Å². The highest BCUT2D eigenvalue weighted by Gasteiger charge is 2.27. The maximum absolute atomic E-state index is 12.8. The number of benzene rings is 1. The van der Waals surface area contributed by atoms with Crippen LogP contribution in [0, 0.1) is 0 Å². The zero-order valence-corrected chi connectivity index (χ0v) is 14.9. The second-order valence-electron chi connectivity index (χ2n) is 6.31. The van der Waals surface area contributed by atoms with E-state index in [0.717, 1.165) is 41.0 Å². The van der Waals surface area contributed by atoms with Crippen LogP contribution in [0.15, 0.2) is 42.7 Å². The molecule has 1 N–H and O–H groups in total. The third kappa shape index (κ3) is 3.32. The molecule has 7 heteroatoms. The van der Waals surface area contributed by atoms with Crippen molar-refractivity contribution in [2.45, 2.75) is 25.7 Å². The predicted octanol–water partition coefficient (Wildman–Crippen LogP) is 3.43. The van der Waals surface area contributed by atoms with Crippen molar-refractivity contribution in [3.8, 4) is 11.3 Å². The second kappa shape index (κ2) is 7.25. The summed E-state index contributed by atoms with van der Waals surface area (Å²) in [5, 5.41) is 15.9. The molecule has 0 spiro atoms. The molecule has 132 valence electrons. The number of rotatable bonds is 4. The molecular formula is C19H18ClN5O. The Bertz CT molecular complexity index is 907. The fourth-order valence-corrected chi connectivity index (χ4v) is 3.42. The fraction of sp³-hybridized carbons (Fsp3) is 0.263. The molecule has 0 saturated heterocycles. The van der Waals surface area contributed by atoms with Gasteiger partial charge in [-0.15, -0.1) is 0 Å². The maximum atomic E-state index is 12.8. The molecule has 0 saturated carbocycles. The smallest absolute Gasteiger partial charge is 0.228 e. The Labute approximate surface area is 156 Å². The first-order valence-electron chi connectivity index (χ1n) is 8.61. The number of nitrogens with one attached hydrogen (secondary N) is 1. The van der Waals surface area contributed by atoms with Gasteiger partial charge in [0.2, 0.25) is 5.91 Å². The summed E-state index contributed by atoms with van der Waals surface area (Å²) in [5.74, 6) is 0.910. The summed E-state index contributed by atoms with van der Waals surface area (Å²) in [6.45, 7) is 0.711. The van der Waals surface area contributed by atoms with Gasteiger partial charge in [0.1, 0.15) is 5.82 Å². The number of hydrogen-bond donors (Lipinski definition) is 1. The molecule has 26 heavy (non-hydrogen) atoms. The molecule has 3 aromatic rings. The number of fused-ring (bicyclic) bond motifs is 1. The number of nitrogens with zero attached hydrogens (tertiary/aromatic N) is 4. The number of anilines is 1. The monoisotopic (exact) mass is 367 g/mol. The van der Waals surface area contributed by atoms with E-state index < -0.39 is 0 Å². The number of carbonyl (C=O) groups excluding carboxylic acids is 1. The molecule has 0 bridgehead atoms. The molecule has 1 amide bonds. The number of hydrogen-bond acceptors (Lipinski definition) is 4. The molecule has 0 atom stereocenters. The SMILES string of the molecule is O=C(CCc1ccc(Cl)cc1)N1CCCc2c(-c3ccnnc3)n[nH]c21. The number of aryl methyl sites for hydroxylation is 1. The van der Waals surface area contributed by atoms with Gasteiger partial charge in [-0.3, -0.25) is 14.8 Å². The molecule has 0 unspecified atom stereocenters. The third-order valence-corrected chi connectivity index (χ3v) is 4.88.